The van der Waals surface area contributed by atoms with E-state index in [9.17, 15) is 0 Å². The third-order valence-electron chi connectivity index (χ3n) is 4.34. The van der Waals surface area contributed by atoms with E-state index in [1.54, 1.807) is 19.3 Å². The molecular formula is C19H25ClN6O. The number of anilines is 1. The van der Waals surface area contributed by atoms with Gasteiger partial charge in [-0.15, -0.1) is 0 Å². The van der Waals surface area contributed by atoms with Crippen molar-refractivity contribution in [2.45, 2.75) is 13.0 Å². The number of nitrogens with one attached hydrogen (secondary N) is 2. The summed E-state index contributed by atoms with van der Waals surface area (Å²) in [5.74, 6) is 1.77. The zero-order valence-corrected chi connectivity index (χ0v) is 16.2. The van der Waals surface area contributed by atoms with Crippen LogP contribution in [0.2, 0.25) is 5.15 Å². The van der Waals surface area contributed by atoms with E-state index in [-0.39, 0.29) is 0 Å². The fourth-order valence-corrected chi connectivity index (χ4v) is 3.02. The Labute approximate surface area is 164 Å². The Morgan fingerprint density at radius 1 is 1.22 bits per heavy atom. The number of ether oxygens (including phenoxy) is 1. The van der Waals surface area contributed by atoms with Crippen LogP contribution < -0.4 is 15.5 Å². The van der Waals surface area contributed by atoms with Gasteiger partial charge in [0.15, 0.2) is 5.96 Å². The van der Waals surface area contributed by atoms with Crippen LogP contribution in [0.15, 0.2) is 41.7 Å². The fraction of sp³-hybridized carbons (Fsp3) is 0.421. The predicted octanol–water partition coefficient (Wildman–Crippen LogP) is 1.87. The second kappa shape index (κ2) is 10.1. The van der Waals surface area contributed by atoms with Gasteiger partial charge in [0.05, 0.1) is 13.2 Å². The van der Waals surface area contributed by atoms with Crippen molar-refractivity contribution >= 4 is 23.4 Å². The Morgan fingerprint density at radius 2 is 2.07 bits per heavy atom. The molecule has 0 aliphatic carbocycles. The van der Waals surface area contributed by atoms with Gasteiger partial charge in [-0.25, -0.2) is 9.97 Å². The SMILES string of the molecule is CN=C(NCCc1ccc(Cl)nc1)NCc1cccnc1N1CCOCC1. The van der Waals surface area contributed by atoms with Crippen molar-refractivity contribution in [3.8, 4) is 0 Å². The zero-order valence-electron chi connectivity index (χ0n) is 15.5. The third kappa shape index (κ3) is 5.80. The van der Waals surface area contributed by atoms with E-state index in [1.807, 2.05) is 18.3 Å². The van der Waals surface area contributed by atoms with Gasteiger partial charge < -0.3 is 20.3 Å². The van der Waals surface area contributed by atoms with Crippen LogP contribution >= 0.6 is 11.6 Å². The first-order valence-electron chi connectivity index (χ1n) is 9.08. The summed E-state index contributed by atoms with van der Waals surface area (Å²) in [7, 11) is 1.77. The molecule has 144 valence electrons. The van der Waals surface area contributed by atoms with Gasteiger partial charge in [-0.3, -0.25) is 4.99 Å². The molecule has 0 amide bonds. The lowest BCUT2D eigenvalue weighted by atomic mass is 10.2. The van der Waals surface area contributed by atoms with Crippen molar-refractivity contribution in [1.82, 2.24) is 20.6 Å². The number of hydrogen-bond acceptors (Lipinski definition) is 5. The molecule has 0 bridgehead atoms. The molecule has 0 radical (unpaired) electrons. The van der Waals surface area contributed by atoms with E-state index in [4.69, 9.17) is 16.3 Å². The maximum absolute atomic E-state index is 5.82. The quantitative estimate of drug-likeness (QED) is 0.447. The number of pyridine rings is 2. The van der Waals surface area contributed by atoms with Crippen molar-refractivity contribution in [3.05, 3.63) is 52.9 Å². The summed E-state index contributed by atoms with van der Waals surface area (Å²) < 4.78 is 5.44. The van der Waals surface area contributed by atoms with Gasteiger partial charge in [0.25, 0.3) is 0 Å². The van der Waals surface area contributed by atoms with E-state index in [2.05, 4.69) is 36.6 Å². The molecule has 2 N–H and O–H groups in total. The highest BCUT2D eigenvalue weighted by Crippen LogP contribution is 2.18. The van der Waals surface area contributed by atoms with Crippen LogP contribution in [0.25, 0.3) is 0 Å². The van der Waals surface area contributed by atoms with E-state index in [0.717, 1.165) is 62.2 Å². The second-order valence-electron chi connectivity index (χ2n) is 6.18. The smallest absolute Gasteiger partial charge is 0.191 e. The average molecular weight is 389 g/mol. The van der Waals surface area contributed by atoms with Crippen LogP contribution in [0.1, 0.15) is 11.1 Å². The van der Waals surface area contributed by atoms with Gasteiger partial charge in [0, 0.05) is 51.2 Å². The maximum atomic E-state index is 5.82. The standard InChI is InChI=1S/C19H25ClN6O/c1-21-19(23-8-6-15-4-5-17(20)24-13-15)25-14-16-3-2-7-22-18(16)26-9-11-27-12-10-26/h2-5,7,13H,6,8-12,14H2,1H3,(H2,21,23,25). The molecule has 1 aliphatic heterocycles. The molecule has 0 spiro atoms. The third-order valence-corrected chi connectivity index (χ3v) is 4.57. The Kier molecular flexibility index (Phi) is 7.24. The number of rotatable bonds is 6. The predicted molar refractivity (Wildman–Crippen MR) is 108 cm³/mol. The summed E-state index contributed by atoms with van der Waals surface area (Å²) in [6.45, 7) is 4.63. The summed E-state index contributed by atoms with van der Waals surface area (Å²) >= 11 is 5.82. The van der Waals surface area contributed by atoms with Crippen molar-refractivity contribution in [3.63, 3.8) is 0 Å². The molecule has 8 heteroatoms. The number of halogens is 1. The van der Waals surface area contributed by atoms with E-state index in [1.165, 1.54) is 0 Å². The number of guanidine groups is 1. The molecule has 0 unspecified atom stereocenters. The van der Waals surface area contributed by atoms with Crippen molar-refractivity contribution in [2.24, 2.45) is 4.99 Å². The lowest BCUT2D eigenvalue weighted by Gasteiger charge is -2.29. The van der Waals surface area contributed by atoms with Gasteiger partial charge in [-0.1, -0.05) is 23.7 Å². The number of nitrogens with zero attached hydrogens (tertiary/aromatic N) is 4. The number of aromatic nitrogens is 2. The highest BCUT2D eigenvalue weighted by molar-refractivity contribution is 6.29. The minimum absolute atomic E-state index is 0.511. The van der Waals surface area contributed by atoms with Crippen molar-refractivity contribution in [1.29, 1.82) is 0 Å². The maximum Gasteiger partial charge on any atom is 0.191 e. The largest absolute Gasteiger partial charge is 0.378 e. The minimum Gasteiger partial charge on any atom is -0.378 e. The Morgan fingerprint density at radius 3 is 2.81 bits per heavy atom. The second-order valence-corrected chi connectivity index (χ2v) is 6.56. The van der Waals surface area contributed by atoms with Crippen LogP contribution in [0.3, 0.4) is 0 Å². The molecule has 0 atom stereocenters. The van der Waals surface area contributed by atoms with E-state index < -0.39 is 0 Å². The molecule has 7 nitrogen and oxygen atoms in total. The molecular weight excluding hydrogens is 364 g/mol. The summed E-state index contributed by atoms with van der Waals surface area (Å²) in [5.41, 5.74) is 2.27. The lowest BCUT2D eigenvalue weighted by molar-refractivity contribution is 0.122. The molecule has 3 rings (SSSR count). The number of aliphatic imine (C=N–C) groups is 1. The van der Waals surface area contributed by atoms with Crippen LogP contribution in [-0.4, -0.2) is 55.8 Å². The van der Waals surface area contributed by atoms with Crippen LogP contribution in [0.4, 0.5) is 5.82 Å². The molecule has 3 heterocycles. The first-order valence-corrected chi connectivity index (χ1v) is 9.45. The molecule has 1 fully saturated rings. The highest BCUT2D eigenvalue weighted by atomic mass is 35.5. The average Bonchev–Trinajstić information content (AvgIpc) is 2.73. The Hall–Kier alpha value is -2.38. The molecule has 27 heavy (non-hydrogen) atoms. The summed E-state index contributed by atoms with van der Waals surface area (Å²) in [4.78, 5) is 15.2. The van der Waals surface area contributed by atoms with Crippen molar-refractivity contribution < 1.29 is 4.74 Å². The monoisotopic (exact) mass is 388 g/mol. The van der Waals surface area contributed by atoms with E-state index >= 15 is 0 Å². The topological polar surface area (TPSA) is 74.7 Å². The van der Waals surface area contributed by atoms with Gasteiger partial charge in [-0.05, 0) is 24.1 Å². The highest BCUT2D eigenvalue weighted by Gasteiger charge is 2.15. The molecule has 1 saturated heterocycles. The molecule has 1 aliphatic rings. The van der Waals surface area contributed by atoms with E-state index in [0.29, 0.717) is 11.7 Å². The summed E-state index contributed by atoms with van der Waals surface area (Å²) in [5, 5.41) is 7.20. The van der Waals surface area contributed by atoms with Crippen LogP contribution in [0, 0.1) is 0 Å². The fourth-order valence-electron chi connectivity index (χ4n) is 2.91. The minimum atomic E-state index is 0.511. The van der Waals surface area contributed by atoms with Crippen LogP contribution in [-0.2, 0) is 17.7 Å². The molecule has 0 saturated carbocycles. The van der Waals surface area contributed by atoms with Crippen molar-refractivity contribution in [2.75, 3.05) is 44.8 Å². The van der Waals surface area contributed by atoms with Gasteiger partial charge >= 0.3 is 0 Å². The van der Waals surface area contributed by atoms with Gasteiger partial charge in [-0.2, -0.15) is 0 Å². The summed E-state index contributed by atoms with van der Waals surface area (Å²) in [6.07, 6.45) is 4.47. The lowest BCUT2D eigenvalue weighted by Crippen LogP contribution is -2.40. The molecule has 2 aromatic heterocycles. The normalized spacial score (nSPS) is 14.9. The number of hydrogen-bond donors (Lipinski definition) is 2. The Balaban J connectivity index is 1.51. The molecule has 2 aromatic rings. The first kappa shape index (κ1) is 19.4. The molecule has 0 aromatic carbocycles. The summed E-state index contributed by atoms with van der Waals surface area (Å²) in [6, 6.07) is 7.85. The first-order chi connectivity index (χ1) is 13.3. The Bertz CT molecular complexity index is 746. The van der Waals surface area contributed by atoms with Gasteiger partial charge in [0.1, 0.15) is 11.0 Å². The van der Waals surface area contributed by atoms with Gasteiger partial charge in [0.2, 0.25) is 0 Å². The number of morpholine rings is 1. The zero-order chi connectivity index (χ0) is 18.9. The van der Waals surface area contributed by atoms with Crippen LogP contribution in [0.5, 0.6) is 0 Å².